The lowest BCUT2D eigenvalue weighted by atomic mass is 10.1. The van der Waals surface area contributed by atoms with E-state index in [1.807, 2.05) is 74.5 Å². The minimum absolute atomic E-state index is 0.457. The van der Waals surface area contributed by atoms with Crippen LogP contribution in [0, 0.1) is 13.8 Å². The lowest BCUT2D eigenvalue weighted by molar-refractivity contribution is 0.306. The molecule has 0 radical (unpaired) electrons. The molecule has 146 valence electrons. The largest absolute Gasteiger partial charge is 0.489 e. The van der Waals surface area contributed by atoms with Gasteiger partial charge in [0.15, 0.2) is 0 Å². The number of anilines is 1. The Hall–Kier alpha value is -3.31. The molecule has 4 rings (SSSR count). The Morgan fingerprint density at radius 3 is 2.59 bits per heavy atom. The van der Waals surface area contributed by atoms with E-state index in [1.54, 1.807) is 0 Å². The van der Waals surface area contributed by atoms with Gasteiger partial charge in [-0.3, -0.25) is 0 Å². The highest BCUT2D eigenvalue weighted by molar-refractivity contribution is 6.31. The van der Waals surface area contributed by atoms with Crippen molar-refractivity contribution in [1.82, 2.24) is 10.1 Å². The summed E-state index contributed by atoms with van der Waals surface area (Å²) < 4.78 is 11.3. The summed E-state index contributed by atoms with van der Waals surface area (Å²) in [5.41, 5.74) is 11.3. The van der Waals surface area contributed by atoms with Gasteiger partial charge in [0.2, 0.25) is 5.82 Å². The van der Waals surface area contributed by atoms with Gasteiger partial charge in [-0.2, -0.15) is 4.98 Å². The topological polar surface area (TPSA) is 74.2 Å². The summed E-state index contributed by atoms with van der Waals surface area (Å²) in [6.45, 7) is 4.35. The molecular formula is C23H20ClN3O2. The third kappa shape index (κ3) is 4.10. The summed E-state index contributed by atoms with van der Waals surface area (Å²) in [4.78, 5) is 4.52. The van der Waals surface area contributed by atoms with Gasteiger partial charge in [-0.1, -0.05) is 41.0 Å². The Labute approximate surface area is 174 Å². The van der Waals surface area contributed by atoms with E-state index >= 15 is 0 Å². The molecule has 0 bridgehead atoms. The van der Waals surface area contributed by atoms with Crippen molar-refractivity contribution in [2.24, 2.45) is 0 Å². The lowest BCUT2D eigenvalue weighted by Crippen LogP contribution is -1.95. The van der Waals surface area contributed by atoms with E-state index in [0.717, 1.165) is 38.6 Å². The molecule has 2 N–H and O–H groups in total. The molecule has 5 nitrogen and oxygen atoms in total. The van der Waals surface area contributed by atoms with Crippen LogP contribution in [0.1, 0.15) is 16.7 Å². The Bertz CT molecular complexity index is 1150. The van der Waals surface area contributed by atoms with E-state index in [1.165, 1.54) is 0 Å². The van der Waals surface area contributed by atoms with Gasteiger partial charge in [0.25, 0.3) is 5.89 Å². The lowest BCUT2D eigenvalue weighted by Gasteiger charge is -2.08. The Balaban J connectivity index is 1.47. The van der Waals surface area contributed by atoms with Crippen LogP contribution in [0.25, 0.3) is 22.8 Å². The van der Waals surface area contributed by atoms with E-state index in [2.05, 4.69) is 10.1 Å². The van der Waals surface area contributed by atoms with Crippen LogP contribution in [0.2, 0.25) is 5.02 Å². The van der Waals surface area contributed by atoms with Crippen molar-refractivity contribution in [1.29, 1.82) is 0 Å². The SMILES string of the molecule is Cc1cc(OCc2ccc(-c3nc(-c4cccc(N)c4C)no3)cc2)ccc1Cl. The molecule has 0 aliphatic carbocycles. The second kappa shape index (κ2) is 7.97. The molecule has 0 atom stereocenters. The minimum Gasteiger partial charge on any atom is -0.489 e. The van der Waals surface area contributed by atoms with Crippen molar-refractivity contribution < 1.29 is 9.26 Å². The number of benzene rings is 3. The van der Waals surface area contributed by atoms with Gasteiger partial charge in [0.1, 0.15) is 12.4 Å². The number of nitrogens with zero attached hydrogens (tertiary/aromatic N) is 2. The molecule has 3 aromatic carbocycles. The van der Waals surface area contributed by atoms with Crippen molar-refractivity contribution >= 4 is 17.3 Å². The molecule has 6 heteroatoms. The Morgan fingerprint density at radius 1 is 1.03 bits per heavy atom. The third-order valence-electron chi connectivity index (χ3n) is 4.78. The first-order chi connectivity index (χ1) is 14.0. The van der Waals surface area contributed by atoms with Crippen LogP contribution in [0.15, 0.2) is 65.2 Å². The maximum absolute atomic E-state index is 6.05. The smallest absolute Gasteiger partial charge is 0.258 e. The zero-order valence-electron chi connectivity index (χ0n) is 16.1. The number of ether oxygens (including phenoxy) is 1. The predicted octanol–water partition coefficient (Wildman–Crippen LogP) is 5.84. The number of aryl methyl sites for hydroxylation is 1. The first-order valence-electron chi connectivity index (χ1n) is 9.18. The van der Waals surface area contributed by atoms with Crippen molar-refractivity contribution in [3.8, 4) is 28.6 Å². The highest BCUT2D eigenvalue weighted by Gasteiger charge is 2.13. The van der Waals surface area contributed by atoms with Gasteiger partial charge in [0.05, 0.1) is 0 Å². The molecule has 0 saturated carbocycles. The zero-order valence-corrected chi connectivity index (χ0v) is 16.9. The highest BCUT2D eigenvalue weighted by Crippen LogP contribution is 2.27. The summed E-state index contributed by atoms with van der Waals surface area (Å²) in [6, 6.07) is 19.1. The number of rotatable bonds is 5. The number of nitrogen functional groups attached to an aromatic ring is 1. The maximum atomic E-state index is 6.05. The molecular weight excluding hydrogens is 386 g/mol. The van der Waals surface area contributed by atoms with Crippen molar-refractivity contribution in [2.75, 3.05) is 5.73 Å². The van der Waals surface area contributed by atoms with Gasteiger partial charge in [-0.05, 0) is 66.9 Å². The van der Waals surface area contributed by atoms with Crippen LogP contribution in [-0.4, -0.2) is 10.1 Å². The molecule has 0 fully saturated rings. The Kier molecular flexibility index (Phi) is 5.23. The number of hydrogen-bond acceptors (Lipinski definition) is 5. The quantitative estimate of drug-likeness (QED) is 0.422. The van der Waals surface area contributed by atoms with Gasteiger partial charge in [-0.25, -0.2) is 0 Å². The monoisotopic (exact) mass is 405 g/mol. The summed E-state index contributed by atoms with van der Waals surface area (Å²) in [5.74, 6) is 1.77. The zero-order chi connectivity index (χ0) is 20.4. The first-order valence-corrected chi connectivity index (χ1v) is 9.56. The molecule has 0 aliphatic rings. The summed E-state index contributed by atoms with van der Waals surface area (Å²) >= 11 is 6.05. The van der Waals surface area contributed by atoms with Crippen molar-refractivity contribution in [3.05, 3.63) is 82.4 Å². The predicted molar refractivity (Wildman–Crippen MR) is 115 cm³/mol. The maximum Gasteiger partial charge on any atom is 0.258 e. The van der Waals surface area contributed by atoms with Crippen LogP contribution in [0.5, 0.6) is 5.75 Å². The van der Waals surface area contributed by atoms with Crippen LogP contribution in [-0.2, 0) is 6.61 Å². The minimum atomic E-state index is 0.457. The molecule has 0 saturated heterocycles. The molecule has 0 spiro atoms. The number of hydrogen-bond donors (Lipinski definition) is 1. The van der Waals surface area contributed by atoms with Gasteiger partial charge < -0.3 is 15.0 Å². The number of nitrogens with two attached hydrogens (primary N) is 1. The molecule has 1 aromatic heterocycles. The van der Waals surface area contributed by atoms with E-state index in [9.17, 15) is 0 Å². The van der Waals surface area contributed by atoms with Crippen molar-refractivity contribution in [2.45, 2.75) is 20.5 Å². The van der Waals surface area contributed by atoms with Gasteiger partial charge >= 0.3 is 0 Å². The van der Waals surface area contributed by atoms with Gasteiger partial charge in [-0.15, -0.1) is 0 Å². The molecule has 0 aliphatic heterocycles. The first kappa shape index (κ1) is 19.0. The van der Waals surface area contributed by atoms with Crippen LogP contribution >= 0.6 is 11.6 Å². The van der Waals surface area contributed by atoms with Crippen LogP contribution < -0.4 is 10.5 Å². The summed E-state index contributed by atoms with van der Waals surface area (Å²) in [5, 5.41) is 4.83. The number of aromatic nitrogens is 2. The van der Waals surface area contributed by atoms with E-state index in [0.29, 0.717) is 24.0 Å². The molecule has 0 amide bonds. The van der Waals surface area contributed by atoms with Crippen LogP contribution in [0.4, 0.5) is 5.69 Å². The molecule has 4 aromatic rings. The second-order valence-corrected chi connectivity index (χ2v) is 7.25. The fourth-order valence-electron chi connectivity index (χ4n) is 2.96. The average Bonchev–Trinajstić information content (AvgIpc) is 3.21. The van der Waals surface area contributed by atoms with E-state index in [-0.39, 0.29) is 0 Å². The molecule has 0 unspecified atom stereocenters. The third-order valence-corrected chi connectivity index (χ3v) is 5.20. The average molecular weight is 406 g/mol. The highest BCUT2D eigenvalue weighted by atomic mass is 35.5. The normalized spacial score (nSPS) is 10.9. The second-order valence-electron chi connectivity index (χ2n) is 6.84. The van der Waals surface area contributed by atoms with Gasteiger partial charge in [0, 0.05) is 21.8 Å². The van der Waals surface area contributed by atoms with Crippen molar-refractivity contribution in [3.63, 3.8) is 0 Å². The standard InChI is InChI=1S/C23H20ClN3O2/c1-14-12-18(10-11-20(14)24)28-13-16-6-8-17(9-7-16)23-26-22(27-29-23)19-4-3-5-21(25)15(19)2/h3-12H,13,25H2,1-2H3. The van der Waals surface area contributed by atoms with E-state index in [4.69, 9.17) is 26.6 Å². The van der Waals surface area contributed by atoms with E-state index < -0.39 is 0 Å². The molecule has 1 heterocycles. The fraction of sp³-hybridized carbons (Fsp3) is 0.130. The Morgan fingerprint density at radius 2 is 1.83 bits per heavy atom. The number of halogens is 1. The summed E-state index contributed by atoms with van der Waals surface area (Å²) in [6.07, 6.45) is 0. The van der Waals surface area contributed by atoms with Crippen LogP contribution in [0.3, 0.4) is 0 Å². The fourth-order valence-corrected chi connectivity index (χ4v) is 3.08. The molecule has 29 heavy (non-hydrogen) atoms. The summed E-state index contributed by atoms with van der Waals surface area (Å²) in [7, 11) is 0.